The highest BCUT2D eigenvalue weighted by Crippen LogP contribution is 2.31. The number of aliphatic hydroxyl groups is 1. The number of nitrogens with one attached hydrogen (secondary N) is 2. The van der Waals surface area contributed by atoms with E-state index in [1.165, 1.54) is 24.3 Å². The van der Waals surface area contributed by atoms with Crippen molar-refractivity contribution in [1.82, 2.24) is 10.6 Å². The zero-order chi connectivity index (χ0) is 17.1. The van der Waals surface area contributed by atoms with Gasteiger partial charge in [-0.3, -0.25) is 0 Å². The van der Waals surface area contributed by atoms with Crippen LogP contribution in [0.4, 0.5) is 13.6 Å². The molecule has 2 aromatic rings. The summed E-state index contributed by atoms with van der Waals surface area (Å²) in [5.41, 5.74) is 2.76. The van der Waals surface area contributed by atoms with Gasteiger partial charge in [0.15, 0.2) is 0 Å². The molecule has 126 valence electrons. The topological polar surface area (TPSA) is 61.4 Å². The Hall–Kier alpha value is -2.47. The normalized spacial score (nSPS) is 15.9. The monoisotopic (exact) mass is 332 g/mol. The van der Waals surface area contributed by atoms with Gasteiger partial charge in [-0.1, -0.05) is 12.1 Å². The third kappa shape index (κ3) is 3.54. The molecule has 1 aliphatic carbocycles. The second kappa shape index (κ2) is 6.97. The van der Waals surface area contributed by atoms with E-state index in [2.05, 4.69) is 10.6 Å². The molecule has 0 radical (unpaired) electrons. The number of carbonyl (C=O) groups excluding carboxylic acids is 1. The summed E-state index contributed by atoms with van der Waals surface area (Å²) >= 11 is 0. The highest BCUT2D eigenvalue weighted by Gasteiger charge is 2.24. The van der Waals surface area contributed by atoms with Gasteiger partial charge in [-0.05, 0) is 53.8 Å². The molecule has 2 aromatic carbocycles. The smallest absolute Gasteiger partial charge is 0.315 e. The fourth-order valence-corrected chi connectivity index (χ4v) is 2.99. The van der Waals surface area contributed by atoms with Gasteiger partial charge in [0, 0.05) is 12.1 Å². The number of urea groups is 1. The predicted octanol–water partition coefficient (Wildman–Crippen LogP) is 2.94. The summed E-state index contributed by atoms with van der Waals surface area (Å²) in [5, 5.41) is 14.6. The summed E-state index contributed by atoms with van der Waals surface area (Å²) < 4.78 is 26.5. The van der Waals surface area contributed by atoms with Crippen molar-refractivity contribution < 1.29 is 18.7 Å². The summed E-state index contributed by atoms with van der Waals surface area (Å²) in [5.74, 6) is -0.740. The van der Waals surface area contributed by atoms with Crippen LogP contribution in [-0.4, -0.2) is 11.1 Å². The highest BCUT2D eigenvalue weighted by molar-refractivity contribution is 5.74. The van der Waals surface area contributed by atoms with Crippen LogP contribution in [0.3, 0.4) is 0 Å². The maximum absolute atomic E-state index is 13.3. The Kier molecular flexibility index (Phi) is 4.76. The van der Waals surface area contributed by atoms with Crippen LogP contribution >= 0.6 is 0 Å². The van der Waals surface area contributed by atoms with E-state index in [0.29, 0.717) is 5.56 Å². The van der Waals surface area contributed by atoms with Crippen LogP contribution in [0.5, 0.6) is 0 Å². The summed E-state index contributed by atoms with van der Waals surface area (Å²) in [6.07, 6.45) is 1.47. The average molecular weight is 332 g/mol. The van der Waals surface area contributed by atoms with Crippen molar-refractivity contribution in [3.8, 4) is 0 Å². The van der Waals surface area contributed by atoms with Gasteiger partial charge >= 0.3 is 6.03 Å². The standard InChI is InChI=1S/C18H18F2N2O2/c19-14-3-4-15-12(8-14)2-6-17(15)22-18(24)21-9-11-1-5-16(20)13(7-11)10-23/h1,3-5,7-8,17,23H,2,6,9-10H2,(H2,21,22,24). The second-order valence-corrected chi connectivity index (χ2v) is 5.85. The minimum atomic E-state index is -0.472. The average Bonchev–Trinajstić information content (AvgIpc) is 2.96. The van der Waals surface area contributed by atoms with E-state index >= 15 is 0 Å². The lowest BCUT2D eigenvalue weighted by Gasteiger charge is -2.15. The van der Waals surface area contributed by atoms with Gasteiger partial charge < -0.3 is 15.7 Å². The molecular weight excluding hydrogens is 314 g/mol. The summed E-state index contributed by atoms with van der Waals surface area (Å²) in [6.45, 7) is -0.163. The van der Waals surface area contributed by atoms with Gasteiger partial charge in [0.2, 0.25) is 0 Å². The molecule has 0 aromatic heterocycles. The molecule has 3 N–H and O–H groups in total. The van der Waals surface area contributed by atoms with E-state index in [4.69, 9.17) is 5.11 Å². The minimum absolute atomic E-state index is 0.137. The molecule has 4 nitrogen and oxygen atoms in total. The maximum Gasteiger partial charge on any atom is 0.315 e. The summed E-state index contributed by atoms with van der Waals surface area (Å²) in [4.78, 5) is 12.1. The van der Waals surface area contributed by atoms with Crippen LogP contribution in [0.15, 0.2) is 36.4 Å². The molecule has 0 spiro atoms. The zero-order valence-corrected chi connectivity index (χ0v) is 13.0. The number of fused-ring (bicyclic) bond motifs is 1. The zero-order valence-electron chi connectivity index (χ0n) is 13.0. The molecule has 0 bridgehead atoms. The van der Waals surface area contributed by atoms with Gasteiger partial charge in [0.1, 0.15) is 11.6 Å². The Morgan fingerprint density at radius 2 is 2.04 bits per heavy atom. The molecule has 0 saturated carbocycles. The van der Waals surface area contributed by atoms with Gasteiger partial charge in [-0.25, -0.2) is 13.6 Å². The number of hydrogen-bond acceptors (Lipinski definition) is 2. The third-order valence-corrected chi connectivity index (χ3v) is 4.22. The lowest BCUT2D eigenvalue weighted by molar-refractivity contribution is 0.236. The van der Waals surface area contributed by atoms with Crippen molar-refractivity contribution in [3.05, 3.63) is 70.3 Å². The summed E-state index contributed by atoms with van der Waals surface area (Å²) in [7, 11) is 0. The first kappa shape index (κ1) is 16.4. The lowest BCUT2D eigenvalue weighted by atomic mass is 10.1. The maximum atomic E-state index is 13.3. The largest absolute Gasteiger partial charge is 0.392 e. The van der Waals surface area contributed by atoms with E-state index in [0.717, 1.165) is 24.0 Å². The van der Waals surface area contributed by atoms with Gasteiger partial charge in [-0.15, -0.1) is 0 Å². The van der Waals surface area contributed by atoms with Crippen molar-refractivity contribution in [2.24, 2.45) is 0 Å². The molecule has 1 atom stereocenters. The number of carbonyl (C=O) groups is 1. The number of benzene rings is 2. The van der Waals surface area contributed by atoms with Crippen molar-refractivity contribution in [1.29, 1.82) is 0 Å². The first-order valence-corrected chi connectivity index (χ1v) is 7.77. The second-order valence-electron chi connectivity index (χ2n) is 5.85. The third-order valence-electron chi connectivity index (χ3n) is 4.22. The molecule has 2 amide bonds. The number of amides is 2. The molecule has 6 heteroatoms. The fraction of sp³-hybridized carbons (Fsp3) is 0.278. The first-order chi connectivity index (χ1) is 11.6. The van der Waals surface area contributed by atoms with E-state index in [1.54, 1.807) is 12.1 Å². The molecule has 3 rings (SSSR count). The Labute approximate surface area is 138 Å². The van der Waals surface area contributed by atoms with E-state index in [-0.39, 0.29) is 36.6 Å². The van der Waals surface area contributed by atoms with Crippen molar-refractivity contribution >= 4 is 6.03 Å². The van der Waals surface area contributed by atoms with Crippen molar-refractivity contribution in [2.45, 2.75) is 32.0 Å². The minimum Gasteiger partial charge on any atom is -0.392 e. The number of hydrogen-bond donors (Lipinski definition) is 3. The Morgan fingerprint density at radius 1 is 1.21 bits per heavy atom. The quantitative estimate of drug-likeness (QED) is 0.806. The Balaban J connectivity index is 1.58. The highest BCUT2D eigenvalue weighted by atomic mass is 19.1. The Morgan fingerprint density at radius 3 is 2.83 bits per heavy atom. The molecule has 0 saturated heterocycles. The first-order valence-electron chi connectivity index (χ1n) is 7.77. The van der Waals surface area contributed by atoms with Crippen LogP contribution in [0.25, 0.3) is 0 Å². The number of aliphatic hydroxyl groups excluding tert-OH is 1. The molecular formula is C18H18F2N2O2. The molecule has 24 heavy (non-hydrogen) atoms. The van der Waals surface area contributed by atoms with E-state index < -0.39 is 5.82 Å². The Bertz CT molecular complexity index is 765. The number of rotatable bonds is 4. The predicted molar refractivity (Wildman–Crippen MR) is 85.2 cm³/mol. The lowest BCUT2D eigenvalue weighted by Crippen LogP contribution is -2.36. The molecule has 1 aliphatic rings. The number of aryl methyl sites for hydroxylation is 1. The summed E-state index contributed by atoms with van der Waals surface area (Å²) in [6, 6.07) is 8.47. The molecule has 0 aliphatic heterocycles. The number of halogens is 2. The van der Waals surface area contributed by atoms with Crippen molar-refractivity contribution in [2.75, 3.05) is 0 Å². The van der Waals surface area contributed by atoms with Gasteiger partial charge in [0.05, 0.1) is 12.6 Å². The van der Waals surface area contributed by atoms with E-state index in [1.807, 2.05) is 0 Å². The van der Waals surface area contributed by atoms with Gasteiger partial charge in [-0.2, -0.15) is 0 Å². The molecule has 1 unspecified atom stereocenters. The van der Waals surface area contributed by atoms with Crippen LogP contribution in [0.1, 0.15) is 34.7 Å². The van der Waals surface area contributed by atoms with Crippen LogP contribution in [0.2, 0.25) is 0 Å². The molecule has 0 fully saturated rings. The van der Waals surface area contributed by atoms with E-state index in [9.17, 15) is 13.6 Å². The van der Waals surface area contributed by atoms with Crippen LogP contribution in [-0.2, 0) is 19.6 Å². The van der Waals surface area contributed by atoms with Crippen LogP contribution < -0.4 is 10.6 Å². The van der Waals surface area contributed by atoms with Crippen molar-refractivity contribution in [3.63, 3.8) is 0 Å². The van der Waals surface area contributed by atoms with Crippen LogP contribution in [0, 0.1) is 11.6 Å². The fourth-order valence-electron chi connectivity index (χ4n) is 2.99. The van der Waals surface area contributed by atoms with Gasteiger partial charge in [0.25, 0.3) is 0 Å². The molecule has 0 heterocycles. The SMILES string of the molecule is O=C(NCc1ccc(F)c(CO)c1)NC1CCc2cc(F)ccc21.